The maximum atomic E-state index is 13.6. The predicted octanol–water partition coefficient (Wildman–Crippen LogP) is 2.80. The van der Waals surface area contributed by atoms with Crippen molar-refractivity contribution in [2.24, 2.45) is 0 Å². The Balaban J connectivity index is 0.00000261. The molecule has 2 aromatic carbocycles. The predicted molar refractivity (Wildman–Crippen MR) is 101 cm³/mol. The van der Waals surface area contributed by atoms with Crippen LogP contribution in [-0.2, 0) is 10.0 Å². The molecule has 3 rings (SSSR count). The zero-order chi connectivity index (χ0) is 18.9. The molecule has 1 saturated heterocycles. The molecular formula is C17H19ClFN3O4S. The van der Waals surface area contributed by atoms with E-state index >= 15 is 0 Å². The first-order chi connectivity index (χ1) is 12.3. The van der Waals surface area contributed by atoms with E-state index in [-0.39, 0.29) is 35.1 Å². The molecule has 1 aliphatic rings. The Bertz CT molecular complexity index is 955. The maximum absolute atomic E-state index is 13.6. The highest BCUT2D eigenvalue weighted by Crippen LogP contribution is 2.33. The second-order valence-electron chi connectivity index (χ2n) is 6.05. The van der Waals surface area contributed by atoms with E-state index in [0.717, 1.165) is 0 Å². The minimum absolute atomic E-state index is 0. The van der Waals surface area contributed by atoms with Gasteiger partial charge in [-0.2, -0.15) is 4.31 Å². The summed E-state index contributed by atoms with van der Waals surface area (Å²) in [5, 5.41) is 14.3. The van der Waals surface area contributed by atoms with Crippen molar-refractivity contribution in [1.82, 2.24) is 9.62 Å². The van der Waals surface area contributed by atoms with Crippen molar-refractivity contribution in [2.45, 2.75) is 17.9 Å². The van der Waals surface area contributed by atoms with Gasteiger partial charge in [-0.15, -0.1) is 12.4 Å². The SMILES string of the molecule is Cc1c([N+](=O)[O-])cccc1S(=O)(=O)N1CCNCC1c1cccc(F)c1.Cl. The lowest BCUT2D eigenvalue weighted by Gasteiger charge is -2.35. The number of nitrogens with zero attached hydrogens (tertiary/aromatic N) is 2. The van der Waals surface area contributed by atoms with Gasteiger partial charge in [-0.1, -0.05) is 18.2 Å². The summed E-state index contributed by atoms with van der Waals surface area (Å²) < 4.78 is 41.4. The van der Waals surface area contributed by atoms with Crippen LogP contribution in [0.4, 0.5) is 10.1 Å². The van der Waals surface area contributed by atoms with Crippen LogP contribution in [0, 0.1) is 22.9 Å². The molecule has 1 fully saturated rings. The monoisotopic (exact) mass is 415 g/mol. The van der Waals surface area contributed by atoms with Crippen molar-refractivity contribution in [2.75, 3.05) is 19.6 Å². The molecular weight excluding hydrogens is 397 g/mol. The normalized spacial score (nSPS) is 17.9. The summed E-state index contributed by atoms with van der Waals surface area (Å²) in [5.74, 6) is -0.447. The highest BCUT2D eigenvalue weighted by molar-refractivity contribution is 7.89. The maximum Gasteiger partial charge on any atom is 0.273 e. The third-order valence-corrected chi connectivity index (χ3v) is 6.52. The lowest BCUT2D eigenvalue weighted by atomic mass is 10.1. The zero-order valence-electron chi connectivity index (χ0n) is 14.5. The second kappa shape index (κ2) is 8.30. The molecule has 1 unspecified atom stereocenters. The summed E-state index contributed by atoms with van der Waals surface area (Å²) in [5.41, 5.74) is 0.376. The van der Waals surface area contributed by atoms with Crippen molar-refractivity contribution < 1.29 is 17.7 Å². The third-order valence-electron chi connectivity index (χ3n) is 4.47. The minimum Gasteiger partial charge on any atom is -0.313 e. The fourth-order valence-electron chi connectivity index (χ4n) is 3.18. The molecule has 2 aromatic rings. The molecule has 146 valence electrons. The quantitative estimate of drug-likeness (QED) is 0.612. The van der Waals surface area contributed by atoms with Gasteiger partial charge in [0.15, 0.2) is 0 Å². The second-order valence-corrected chi connectivity index (χ2v) is 7.91. The molecule has 0 aliphatic carbocycles. The molecule has 0 spiro atoms. The topological polar surface area (TPSA) is 92.5 Å². The summed E-state index contributed by atoms with van der Waals surface area (Å²) in [6.45, 7) is 2.38. The van der Waals surface area contributed by atoms with E-state index in [0.29, 0.717) is 18.7 Å². The first-order valence-electron chi connectivity index (χ1n) is 8.04. The van der Waals surface area contributed by atoms with Crippen molar-refractivity contribution in [3.8, 4) is 0 Å². The van der Waals surface area contributed by atoms with Gasteiger partial charge in [0.1, 0.15) is 5.82 Å². The number of benzene rings is 2. The Hall–Kier alpha value is -2.07. The molecule has 1 atom stereocenters. The van der Waals surface area contributed by atoms with Crippen LogP contribution in [0.15, 0.2) is 47.4 Å². The van der Waals surface area contributed by atoms with Gasteiger partial charge in [-0.3, -0.25) is 10.1 Å². The number of hydrogen-bond donors (Lipinski definition) is 1. The van der Waals surface area contributed by atoms with Gasteiger partial charge >= 0.3 is 0 Å². The molecule has 0 saturated carbocycles. The number of nitrogens with one attached hydrogen (secondary N) is 1. The molecule has 10 heteroatoms. The van der Waals surface area contributed by atoms with Crippen LogP contribution < -0.4 is 5.32 Å². The lowest BCUT2D eigenvalue weighted by Crippen LogP contribution is -2.48. The van der Waals surface area contributed by atoms with Crippen LogP contribution in [0.1, 0.15) is 17.2 Å². The smallest absolute Gasteiger partial charge is 0.273 e. The first-order valence-corrected chi connectivity index (χ1v) is 9.48. The van der Waals surface area contributed by atoms with E-state index in [1.807, 2.05) is 0 Å². The number of nitro benzene ring substituents is 1. The number of sulfonamides is 1. The van der Waals surface area contributed by atoms with E-state index in [9.17, 15) is 22.9 Å². The number of nitro groups is 1. The Morgan fingerprint density at radius 1 is 1.26 bits per heavy atom. The Labute approximate surface area is 162 Å². The van der Waals surface area contributed by atoms with E-state index in [2.05, 4.69) is 5.32 Å². The van der Waals surface area contributed by atoms with Gasteiger partial charge in [-0.25, -0.2) is 12.8 Å². The Kier molecular flexibility index (Phi) is 6.53. The molecule has 1 aliphatic heterocycles. The van der Waals surface area contributed by atoms with Gasteiger partial charge in [-0.05, 0) is 30.7 Å². The standard InChI is InChI=1S/C17H18FN3O4S.ClH/c1-12-15(21(22)23)6-3-7-17(12)26(24,25)20-9-8-19-11-16(20)13-4-2-5-14(18)10-13;/h2-7,10,16,19H,8-9,11H2,1H3;1H. The van der Waals surface area contributed by atoms with Gasteiger partial charge in [0.2, 0.25) is 10.0 Å². The van der Waals surface area contributed by atoms with Crippen LogP contribution in [0.5, 0.6) is 0 Å². The molecule has 1 N–H and O–H groups in total. The van der Waals surface area contributed by atoms with Gasteiger partial charge in [0.05, 0.1) is 15.9 Å². The average molecular weight is 416 g/mol. The minimum atomic E-state index is -3.99. The number of rotatable bonds is 4. The molecule has 7 nitrogen and oxygen atoms in total. The van der Waals surface area contributed by atoms with Crippen LogP contribution in [-0.4, -0.2) is 37.3 Å². The van der Waals surface area contributed by atoms with Crippen molar-refractivity contribution in [3.63, 3.8) is 0 Å². The summed E-state index contributed by atoms with van der Waals surface area (Å²) in [6, 6.07) is 9.20. The highest BCUT2D eigenvalue weighted by atomic mass is 35.5. The summed E-state index contributed by atoms with van der Waals surface area (Å²) in [4.78, 5) is 10.4. The molecule has 27 heavy (non-hydrogen) atoms. The highest BCUT2D eigenvalue weighted by Gasteiger charge is 2.36. The molecule has 1 heterocycles. The largest absolute Gasteiger partial charge is 0.313 e. The first kappa shape index (κ1) is 21.2. The molecule has 0 radical (unpaired) electrons. The van der Waals surface area contributed by atoms with Crippen LogP contribution in [0.25, 0.3) is 0 Å². The number of piperazine rings is 1. The zero-order valence-corrected chi connectivity index (χ0v) is 16.1. The lowest BCUT2D eigenvalue weighted by molar-refractivity contribution is -0.385. The summed E-state index contributed by atoms with van der Waals surface area (Å²) in [7, 11) is -3.99. The van der Waals surface area contributed by atoms with Gasteiger partial charge in [0.25, 0.3) is 5.69 Å². The molecule has 0 bridgehead atoms. The van der Waals surface area contributed by atoms with E-state index in [1.54, 1.807) is 6.07 Å². The van der Waals surface area contributed by atoms with Gasteiger partial charge in [0, 0.05) is 31.3 Å². The van der Waals surface area contributed by atoms with E-state index in [1.165, 1.54) is 47.6 Å². The van der Waals surface area contributed by atoms with Crippen LogP contribution >= 0.6 is 12.4 Å². The van der Waals surface area contributed by atoms with E-state index in [4.69, 9.17) is 0 Å². The fourth-order valence-corrected chi connectivity index (χ4v) is 5.04. The van der Waals surface area contributed by atoms with Crippen molar-refractivity contribution in [3.05, 3.63) is 69.5 Å². The van der Waals surface area contributed by atoms with Gasteiger partial charge < -0.3 is 5.32 Å². The Morgan fingerprint density at radius 3 is 2.63 bits per heavy atom. The average Bonchev–Trinajstić information content (AvgIpc) is 2.61. The van der Waals surface area contributed by atoms with E-state index < -0.39 is 26.8 Å². The summed E-state index contributed by atoms with van der Waals surface area (Å²) in [6.07, 6.45) is 0. The van der Waals surface area contributed by atoms with Crippen LogP contribution in [0.3, 0.4) is 0 Å². The molecule has 0 amide bonds. The molecule has 0 aromatic heterocycles. The van der Waals surface area contributed by atoms with Crippen molar-refractivity contribution in [1.29, 1.82) is 0 Å². The third kappa shape index (κ3) is 4.11. The fraction of sp³-hybridized carbons (Fsp3) is 0.294. The number of hydrogen-bond acceptors (Lipinski definition) is 5. The summed E-state index contributed by atoms with van der Waals surface area (Å²) >= 11 is 0. The Morgan fingerprint density at radius 2 is 1.96 bits per heavy atom. The van der Waals surface area contributed by atoms with Crippen LogP contribution in [0.2, 0.25) is 0 Å². The number of halogens is 2. The van der Waals surface area contributed by atoms with Crippen molar-refractivity contribution >= 4 is 28.1 Å².